The number of hydrogen-bond donors (Lipinski definition) is 0. The Morgan fingerprint density at radius 3 is 2.92 bits per heavy atom. The van der Waals surface area contributed by atoms with Crippen molar-refractivity contribution in [2.75, 3.05) is 13.7 Å². The summed E-state index contributed by atoms with van der Waals surface area (Å²) in [5, 5.41) is 1.02. The van der Waals surface area contributed by atoms with Crippen LogP contribution in [0.25, 0.3) is 0 Å². The number of halogens is 2. The number of fused-ring (bicyclic) bond motifs is 2. The van der Waals surface area contributed by atoms with E-state index in [0.717, 1.165) is 6.42 Å². The molecular weight excluding hydrogens is 345 g/mol. The van der Waals surface area contributed by atoms with Gasteiger partial charge in [0.15, 0.2) is 0 Å². The Labute approximate surface area is 152 Å². The molecule has 0 spiro atoms. The van der Waals surface area contributed by atoms with Crippen molar-refractivity contribution in [2.24, 2.45) is 5.92 Å². The van der Waals surface area contributed by atoms with E-state index < -0.39 is 0 Å². The summed E-state index contributed by atoms with van der Waals surface area (Å²) in [6.45, 7) is 0.637. The minimum atomic E-state index is 0.418. The molecule has 3 nitrogen and oxygen atoms in total. The third kappa shape index (κ3) is 2.83. The summed E-state index contributed by atoms with van der Waals surface area (Å²) >= 11 is 12.4. The van der Waals surface area contributed by atoms with E-state index in [2.05, 4.69) is 18.0 Å². The number of nitrogens with zero attached hydrogens (tertiary/aromatic N) is 1. The first-order valence-electron chi connectivity index (χ1n) is 8.46. The van der Waals surface area contributed by atoms with Crippen LogP contribution in [0.15, 0.2) is 41.2 Å². The summed E-state index contributed by atoms with van der Waals surface area (Å²) in [7, 11) is 2.24. The zero-order valence-corrected chi connectivity index (χ0v) is 15.1. The van der Waals surface area contributed by atoms with Gasteiger partial charge in [-0.25, -0.2) is 0 Å². The van der Waals surface area contributed by atoms with Gasteiger partial charge in [0.2, 0.25) is 0 Å². The third-order valence-corrected chi connectivity index (χ3v) is 6.55. The summed E-state index contributed by atoms with van der Waals surface area (Å²) < 4.78 is 11.4. The van der Waals surface area contributed by atoms with E-state index in [0.29, 0.717) is 46.3 Å². The van der Waals surface area contributed by atoms with E-state index in [9.17, 15) is 0 Å². The number of piperidine rings is 1. The Bertz CT molecular complexity index is 703. The highest BCUT2D eigenvalue weighted by Gasteiger charge is 2.46. The Hall–Kier alpha value is -1.16. The second-order valence-electron chi connectivity index (χ2n) is 6.89. The summed E-state index contributed by atoms with van der Waals surface area (Å²) in [6, 6.07) is 8.83. The van der Waals surface area contributed by atoms with Gasteiger partial charge in [0, 0.05) is 18.0 Å². The van der Waals surface area contributed by atoms with Gasteiger partial charge in [-0.3, -0.25) is 0 Å². The highest BCUT2D eigenvalue weighted by molar-refractivity contribution is 6.42. The van der Waals surface area contributed by atoms with E-state index in [4.69, 9.17) is 32.4 Å². The van der Waals surface area contributed by atoms with Crippen molar-refractivity contribution in [2.45, 2.75) is 37.3 Å². The van der Waals surface area contributed by atoms with Crippen LogP contribution < -0.4 is 4.74 Å². The fourth-order valence-corrected chi connectivity index (χ4v) is 4.80. The molecule has 0 N–H and O–H groups in total. The lowest BCUT2D eigenvalue weighted by Crippen LogP contribution is -2.47. The van der Waals surface area contributed by atoms with Crippen molar-refractivity contribution in [3.8, 4) is 5.75 Å². The number of furan rings is 1. The smallest absolute Gasteiger partial charge is 0.139 e. The summed E-state index contributed by atoms with van der Waals surface area (Å²) in [5.41, 5.74) is 1.28. The molecule has 2 saturated heterocycles. The molecule has 2 aliphatic heterocycles. The van der Waals surface area contributed by atoms with Crippen LogP contribution in [0.1, 0.15) is 30.7 Å². The van der Waals surface area contributed by atoms with Gasteiger partial charge in [0.1, 0.15) is 10.8 Å². The molecular formula is C19H21Cl2NO2. The average Bonchev–Trinajstić information content (AvgIpc) is 3.17. The highest BCUT2D eigenvalue weighted by atomic mass is 35.5. The second kappa shape index (κ2) is 6.62. The van der Waals surface area contributed by atoms with Crippen LogP contribution >= 0.6 is 23.2 Å². The van der Waals surface area contributed by atoms with Gasteiger partial charge in [-0.2, -0.15) is 0 Å². The Kier molecular flexibility index (Phi) is 4.50. The molecule has 2 aromatic rings. The largest absolute Gasteiger partial charge is 0.492 e. The van der Waals surface area contributed by atoms with Crippen molar-refractivity contribution in [3.05, 3.63) is 52.4 Å². The first-order chi connectivity index (χ1) is 11.6. The van der Waals surface area contributed by atoms with Gasteiger partial charge in [-0.05, 0) is 56.0 Å². The van der Waals surface area contributed by atoms with Gasteiger partial charge in [0.05, 0.1) is 24.2 Å². The Morgan fingerprint density at radius 2 is 2.12 bits per heavy atom. The topological polar surface area (TPSA) is 25.6 Å². The molecule has 0 saturated carbocycles. The maximum absolute atomic E-state index is 6.27. The van der Waals surface area contributed by atoms with Crippen molar-refractivity contribution in [1.29, 1.82) is 0 Å². The van der Waals surface area contributed by atoms with Crippen LogP contribution in [-0.4, -0.2) is 30.6 Å². The molecule has 4 rings (SSSR count). The van der Waals surface area contributed by atoms with Crippen LogP contribution in [0, 0.1) is 5.92 Å². The monoisotopic (exact) mass is 365 g/mol. The van der Waals surface area contributed by atoms with Crippen LogP contribution in [0.4, 0.5) is 0 Å². The summed E-state index contributed by atoms with van der Waals surface area (Å²) in [6.07, 6.45) is 7.30. The summed E-state index contributed by atoms with van der Waals surface area (Å²) in [4.78, 5) is 2.53. The lowest BCUT2D eigenvalue weighted by atomic mass is 9.77. The van der Waals surface area contributed by atoms with Gasteiger partial charge in [0.25, 0.3) is 0 Å². The van der Waals surface area contributed by atoms with Crippen molar-refractivity contribution < 1.29 is 9.15 Å². The average molecular weight is 366 g/mol. The van der Waals surface area contributed by atoms with E-state index in [1.165, 1.54) is 18.4 Å². The SMILES string of the molecule is CN1C2CCC1[C@@H](COc1cccc(Cl)c1Cl)[C@H](c1ccoc1)C2. The van der Waals surface area contributed by atoms with Gasteiger partial charge in [-0.15, -0.1) is 0 Å². The molecule has 5 heteroatoms. The molecule has 1 aromatic carbocycles. The molecule has 4 atom stereocenters. The van der Waals surface area contributed by atoms with Gasteiger partial charge < -0.3 is 14.1 Å². The molecule has 128 valence electrons. The first-order valence-corrected chi connectivity index (χ1v) is 9.21. The van der Waals surface area contributed by atoms with E-state index in [-0.39, 0.29) is 0 Å². The van der Waals surface area contributed by atoms with Gasteiger partial charge in [-0.1, -0.05) is 29.3 Å². The predicted molar refractivity (Wildman–Crippen MR) is 96.1 cm³/mol. The maximum atomic E-state index is 6.27. The molecule has 0 aliphatic carbocycles. The molecule has 2 unspecified atom stereocenters. The molecule has 3 heterocycles. The Balaban J connectivity index is 1.57. The van der Waals surface area contributed by atoms with Gasteiger partial charge >= 0.3 is 0 Å². The number of rotatable bonds is 4. The molecule has 0 radical (unpaired) electrons. The highest BCUT2D eigenvalue weighted by Crippen LogP contribution is 2.46. The second-order valence-corrected chi connectivity index (χ2v) is 7.67. The van der Waals surface area contributed by atoms with Crippen molar-refractivity contribution in [1.82, 2.24) is 4.90 Å². The molecule has 24 heavy (non-hydrogen) atoms. The molecule has 0 amide bonds. The zero-order valence-electron chi connectivity index (χ0n) is 13.6. The predicted octanol–water partition coefficient (Wildman–Crippen LogP) is 5.23. The van der Waals surface area contributed by atoms with Crippen LogP contribution in [0.2, 0.25) is 10.0 Å². The molecule has 1 aromatic heterocycles. The lowest BCUT2D eigenvalue weighted by molar-refractivity contribution is 0.0664. The van der Waals surface area contributed by atoms with Crippen LogP contribution in [-0.2, 0) is 0 Å². The molecule has 2 aliphatic rings. The zero-order chi connectivity index (χ0) is 16.7. The quantitative estimate of drug-likeness (QED) is 0.741. The minimum absolute atomic E-state index is 0.418. The van der Waals surface area contributed by atoms with Crippen LogP contribution in [0.5, 0.6) is 5.75 Å². The Morgan fingerprint density at radius 1 is 1.25 bits per heavy atom. The van der Waals surface area contributed by atoms with Crippen molar-refractivity contribution in [3.63, 3.8) is 0 Å². The summed E-state index contributed by atoms with van der Waals surface area (Å²) in [5.74, 6) is 1.55. The molecule has 2 bridgehead atoms. The number of hydrogen-bond acceptors (Lipinski definition) is 3. The third-order valence-electron chi connectivity index (χ3n) is 5.75. The molecule has 2 fully saturated rings. The first kappa shape index (κ1) is 16.3. The fraction of sp³-hybridized carbons (Fsp3) is 0.474. The lowest BCUT2D eigenvalue weighted by Gasteiger charge is -2.42. The van der Waals surface area contributed by atoms with Crippen LogP contribution in [0.3, 0.4) is 0 Å². The number of benzene rings is 1. The van der Waals surface area contributed by atoms with E-state index in [1.807, 2.05) is 18.4 Å². The van der Waals surface area contributed by atoms with E-state index in [1.54, 1.807) is 12.3 Å². The van der Waals surface area contributed by atoms with E-state index >= 15 is 0 Å². The standard InChI is InChI=1S/C19H21Cl2NO2/c1-22-13-5-6-17(22)15(14(9-13)12-7-8-23-10-12)11-24-18-4-2-3-16(20)19(18)21/h2-4,7-8,10,13-15,17H,5-6,9,11H2,1H3/t13?,14-,15-,17?/m0/s1. The fourth-order valence-electron chi connectivity index (χ4n) is 4.46. The number of ether oxygens (including phenoxy) is 1. The normalized spacial score (nSPS) is 29.8. The maximum Gasteiger partial charge on any atom is 0.139 e. The minimum Gasteiger partial charge on any atom is -0.492 e. The van der Waals surface area contributed by atoms with Crippen molar-refractivity contribution >= 4 is 23.2 Å².